The summed E-state index contributed by atoms with van der Waals surface area (Å²) in [6.45, 7) is 4.01. The number of nitriles is 1. The molecule has 0 bridgehead atoms. The lowest BCUT2D eigenvalue weighted by Crippen LogP contribution is -2.33. The van der Waals surface area contributed by atoms with Gasteiger partial charge in [-0.05, 0) is 30.5 Å². The molecule has 120 valence electrons. The number of hydrogen-bond acceptors (Lipinski definition) is 4. The molecule has 0 fully saturated rings. The van der Waals surface area contributed by atoms with Crippen LogP contribution >= 0.6 is 0 Å². The van der Waals surface area contributed by atoms with E-state index in [2.05, 4.69) is 10.3 Å². The molecule has 1 aromatic heterocycles. The molecular formula is C16H19N5O2. The fourth-order valence-electron chi connectivity index (χ4n) is 2.47. The van der Waals surface area contributed by atoms with Crippen molar-refractivity contribution < 1.29 is 9.59 Å². The number of carbonyl (C=O) groups is 2. The van der Waals surface area contributed by atoms with Crippen molar-refractivity contribution in [3.05, 3.63) is 30.1 Å². The molecule has 0 saturated heterocycles. The highest BCUT2D eigenvalue weighted by molar-refractivity contribution is 5.96. The van der Waals surface area contributed by atoms with Crippen LogP contribution in [0.2, 0.25) is 0 Å². The van der Waals surface area contributed by atoms with Gasteiger partial charge in [-0.25, -0.2) is 4.98 Å². The Kier molecular flexibility index (Phi) is 4.96. The maximum absolute atomic E-state index is 12.4. The normalized spacial score (nSPS) is 12.1. The van der Waals surface area contributed by atoms with Gasteiger partial charge in [-0.3, -0.25) is 9.59 Å². The summed E-state index contributed by atoms with van der Waals surface area (Å²) < 4.78 is 1.77. The van der Waals surface area contributed by atoms with Crippen molar-refractivity contribution in [1.82, 2.24) is 14.9 Å². The van der Waals surface area contributed by atoms with E-state index < -0.39 is 11.9 Å². The van der Waals surface area contributed by atoms with E-state index in [1.54, 1.807) is 29.1 Å². The molecular weight excluding hydrogens is 294 g/mol. The van der Waals surface area contributed by atoms with Crippen LogP contribution in [0.5, 0.6) is 0 Å². The zero-order valence-corrected chi connectivity index (χ0v) is 13.1. The summed E-state index contributed by atoms with van der Waals surface area (Å²) in [5, 5.41) is 11.2. The average molecular weight is 313 g/mol. The zero-order chi connectivity index (χ0) is 17.0. The van der Waals surface area contributed by atoms with E-state index in [1.807, 2.05) is 19.9 Å². The highest BCUT2D eigenvalue weighted by Crippen LogP contribution is 2.24. The van der Waals surface area contributed by atoms with Crippen LogP contribution in [-0.4, -0.2) is 27.9 Å². The van der Waals surface area contributed by atoms with Gasteiger partial charge in [-0.2, -0.15) is 5.26 Å². The van der Waals surface area contributed by atoms with Crippen molar-refractivity contribution in [2.24, 2.45) is 11.7 Å². The van der Waals surface area contributed by atoms with Crippen molar-refractivity contribution in [3.63, 3.8) is 0 Å². The third-order valence-electron chi connectivity index (χ3n) is 3.53. The van der Waals surface area contributed by atoms with Gasteiger partial charge in [-0.15, -0.1) is 0 Å². The summed E-state index contributed by atoms with van der Waals surface area (Å²) in [6.07, 6.45) is 2.19. The third kappa shape index (κ3) is 3.66. The molecule has 1 unspecified atom stereocenters. The summed E-state index contributed by atoms with van der Waals surface area (Å²) in [5.74, 6) is -0.458. The molecule has 0 spiro atoms. The van der Waals surface area contributed by atoms with Crippen LogP contribution in [0.1, 0.15) is 36.7 Å². The van der Waals surface area contributed by atoms with Gasteiger partial charge in [0.25, 0.3) is 0 Å². The number of nitrogens with one attached hydrogen (secondary N) is 1. The summed E-state index contributed by atoms with van der Waals surface area (Å²) in [6, 6.07) is 6.38. The zero-order valence-electron chi connectivity index (χ0n) is 13.1. The Bertz CT molecular complexity index is 772. The minimum absolute atomic E-state index is 0.0358. The molecule has 1 heterocycles. The van der Waals surface area contributed by atoms with Crippen molar-refractivity contribution >= 4 is 22.8 Å². The fourth-order valence-corrected chi connectivity index (χ4v) is 2.47. The second kappa shape index (κ2) is 6.92. The Balaban J connectivity index is 2.42. The largest absolute Gasteiger partial charge is 0.366 e. The molecule has 0 aliphatic carbocycles. The number of nitrogens with two attached hydrogens (primary N) is 1. The van der Waals surface area contributed by atoms with Gasteiger partial charge < -0.3 is 15.6 Å². The van der Waals surface area contributed by atoms with Gasteiger partial charge in [0.15, 0.2) is 0 Å². The quantitative estimate of drug-likeness (QED) is 0.784. The minimum atomic E-state index is -0.521. The second-order valence-corrected chi connectivity index (χ2v) is 5.74. The van der Waals surface area contributed by atoms with Crippen LogP contribution in [0.4, 0.5) is 0 Å². The van der Waals surface area contributed by atoms with E-state index in [9.17, 15) is 9.59 Å². The number of nitrogens with zero attached hydrogens (tertiary/aromatic N) is 3. The highest BCUT2D eigenvalue weighted by Gasteiger charge is 2.23. The third-order valence-corrected chi connectivity index (χ3v) is 3.53. The van der Waals surface area contributed by atoms with Crippen molar-refractivity contribution in [3.8, 4) is 6.07 Å². The number of rotatable bonds is 6. The topological polar surface area (TPSA) is 114 Å². The van der Waals surface area contributed by atoms with Crippen molar-refractivity contribution in [2.45, 2.75) is 26.3 Å². The number of amides is 2. The van der Waals surface area contributed by atoms with Crippen LogP contribution in [0.15, 0.2) is 24.5 Å². The fraction of sp³-hybridized carbons (Fsp3) is 0.375. The Hall–Kier alpha value is -2.88. The van der Waals surface area contributed by atoms with Crippen LogP contribution < -0.4 is 11.1 Å². The van der Waals surface area contributed by atoms with E-state index in [1.165, 1.54) is 0 Å². The van der Waals surface area contributed by atoms with Crippen LogP contribution in [0.3, 0.4) is 0 Å². The number of benzene rings is 1. The lowest BCUT2D eigenvalue weighted by molar-refractivity contribution is -0.124. The summed E-state index contributed by atoms with van der Waals surface area (Å²) in [4.78, 5) is 27.9. The molecule has 0 aliphatic rings. The van der Waals surface area contributed by atoms with Crippen LogP contribution in [0, 0.1) is 17.2 Å². The maximum atomic E-state index is 12.4. The maximum Gasteiger partial charge on any atom is 0.248 e. The van der Waals surface area contributed by atoms with Gasteiger partial charge in [0.1, 0.15) is 12.6 Å². The first-order valence-electron chi connectivity index (χ1n) is 7.35. The molecule has 23 heavy (non-hydrogen) atoms. The molecule has 1 atom stereocenters. The molecule has 2 rings (SSSR count). The smallest absolute Gasteiger partial charge is 0.248 e. The minimum Gasteiger partial charge on any atom is -0.366 e. The molecule has 2 amide bonds. The van der Waals surface area contributed by atoms with E-state index in [-0.39, 0.29) is 18.4 Å². The monoisotopic (exact) mass is 313 g/mol. The van der Waals surface area contributed by atoms with E-state index >= 15 is 0 Å². The number of primary amides is 1. The average Bonchev–Trinajstić information content (AvgIpc) is 2.92. The van der Waals surface area contributed by atoms with E-state index in [0.29, 0.717) is 17.5 Å². The molecule has 7 nitrogen and oxygen atoms in total. The van der Waals surface area contributed by atoms with Crippen molar-refractivity contribution in [2.75, 3.05) is 6.54 Å². The van der Waals surface area contributed by atoms with Gasteiger partial charge in [0.2, 0.25) is 11.8 Å². The number of carbonyl (C=O) groups excluding carboxylic acids is 2. The summed E-state index contributed by atoms with van der Waals surface area (Å²) >= 11 is 0. The Morgan fingerprint density at radius 3 is 2.78 bits per heavy atom. The van der Waals surface area contributed by atoms with Gasteiger partial charge in [-0.1, -0.05) is 13.8 Å². The number of hydrogen-bond donors (Lipinski definition) is 2. The molecule has 1 aromatic carbocycles. The first kappa shape index (κ1) is 16.5. The first-order chi connectivity index (χ1) is 10.9. The van der Waals surface area contributed by atoms with Gasteiger partial charge in [0.05, 0.1) is 23.4 Å². The molecule has 2 aromatic rings. The number of imidazole rings is 1. The standard InChI is InChI=1S/C16H19N5O2/c1-10(2)7-14(16(23)19-6-5-17)21-9-20-12-8-11(15(18)22)3-4-13(12)21/h3-4,8-10,14H,6-7H2,1-2H3,(H2,18,22)(H,19,23). The SMILES string of the molecule is CC(C)CC(C(=O)NCC#N)n1cnc2cc(C(N)=O)ccc21. The molecule has 0 aliphatic heterocycles. The van der Waals surface area contributed by atoms with E-state index in [4.69, 9.17) is 11.0 Å². The predicted molar refractivity (Wildman–Crippen MR) is 85.4 cm³/mol. The Morgan fingerprint density at radius 2 is 2.17 bits per heavy atom. The summed E-state index contributed by atoms with van der Waals surface area (Å²) in [5.41, 5.74) is 6.99. The second-order valence-electron chi connectivity index (χ2n) is 5.74. The van der Waals surface area contributed by atoms with Crippen LogP contribution in [0.25, 0.3) is 11.0 Å². The van der Waals surface area contributed by atoms with Gasteiger partial charge in [0, 0.05) is 5.56 Å². The predicted octanol–water partition coefficient (Wildman–Crippen LogP) is 1.36. The van der Waals surface area contributed by atoms with Crippen LogP contribution in [-0.2, 0) is 4.79 Å². The van der Waals surface area contributed by atoms with E-state index in [0.717, 1.165) is 5.52 Å². The summed E-state index contributed by atoms with van der Waals surface area (Å²) in [7, 11) is 0. The molecule has 7 heteroatoms. The number of fused-ring (bicyclic) bond motifs is 1. The van der Waals surface area contributed by atoms with Gasteiger partial charge >= 0.3 is 0 Å². The Labute approximate surface area is 134 Å². The number of aromatic nitrogens is 2. The molecule has 3 N–H and O–H groups in total. The first-order valence-corrected chi connectivity index (χ1v) is 7.35. The molecule has 0 saturated carbocycles. The lowest BCUT2D eigenvalue weighted by atomic mass is 10.0. The lowest BCUT2D eigenvalue weighted by Gasteiger charge is -2.20. The Morgan fingerprint density at radius 1 is 1.43 bits per heavy atom. The van der Waals surface area contributed by atoms with Crippen molar-refractivity contribution in [1.29, 1.82) is 5.26 Å². The molecule has 0 radical (unpaired) electrons. The highest BCUT2D eigenvalue weighted by atomic mass is 16.2.